The fourth-order valence-electron chi connectivity index (χ4n) is 3.50. The first-order chi connectivity index (χ1) is 15.6. The molecule has 164 valence electrons. The van der Waals surface area contributed by atoms with Gasteiger partial charge in [0.2, 0.25) is 11.8 Å². The van der Waals surface area contributed by atoms with E-state index >= 15 is 0 Å². The Morgan fingerprint density at radius 2 is 1.97 bits per heavy atom. The van der Waals surface area contributed by atoms with Crippen molar-refractivity contribution >= 4 is 35.1 Å². The zero-order valence-electron chi connectivity index (χ0n) is 17.2. The van der Waals surface area contributed by atoms with E-state index in [4.69, 9.17) is 26.1 Å². The lowest BCUT2D eigenvalue weighted by atomic mass is 10.2. The highest BCUT2D eigenvalue weighted by Gasteiger charge is 2.20. The predicted molar refractivity (Wildman–Crippen MR) is 119 cm³/mol. The van der Waals surface area contributed by atoms with Crippen molar-refractivity contribution in [1.82, 2.24) is 24.1 Å². The first-order valence-corrected chi connectivity index (χ1v) is 10.4. The number of ether oxygens (including phenoxy) is 2. The van der Waals surface area contributed by atoms with Crippen molar-refractivity contribution in [3.8, 4) is 17.1 Å². The second-order valence-corrected chi connectivity index (χ2v) is 7.60. The van der Waals surface area contributed by atoms with E-state index in [0.717, 1.165) is 11.3 Å². The monoisotopic (exact) mass is 453 g/mol. The number of hydrogen-bond donors (Lipinski definition) is 1. The maximum Gasteiger partial charge on any atom is 0.419 e. The van der Waals surface area contributed by atoms with Gasteiger partial charge < -0.3 is 14.4 Å². The summed E-state index contributed by atoms with van der Waals surface area (Å²) in [4.78, 5) is 24.0. The molecule has 1 aromatic carbocycles. The average molecular weight is 454 g/mol. The summed E-state index contributed by atoms with van der Waals surface area (Å²) in [5.74, 6) is 1.12. The van der Waals surface area contributed by atoms with Crippen LogP contribution in [0.25, 0.3) is 16.9 Å². The van der Waals surface area contributed by atoms with Gasteiger partial charge in [0.1, 0.15) is 16.5 Å². The molecule has 1 aliphatic rings. The van der Waals surface area contributed by atoms with Crippen LogP contribution in [-0.4, -0.2) is 56.5 Å². The van der Waals surface area contributed by atoms with E-state index in [0.29, 0.717) is 43.7 Å². The molecule has 0 atom stereocenters. The molecule has 10 nitrogen and oxygen atoms in total. The van der Waals surface area contributed by atoms with Gasteiger partial charge in [-0.25, -0.2) is 14.5 Å². The number of rotatable bonds is 4. The highest BCUT2D eigenvalue weighted by Crippen LogP contribution is 2.26. The molecule has 11 heteroatoms. The number of fused-ring (bicyclic) bond motifs is 1. The van der Waals surface area contributed by atoms with Crippen LogP contribution in [0, 0.1) is 0 Å². The van der Waals surface area contributed by atoms with Crippen LogP contribution in [0.3, 0.4) is 0 Å². The molecular formula is C21H20ClN7O3. The summed E-state index contributed by atoms with van der Waals surface area (Å²) in [5, 5.41) is 6.87. The largest absolute Gasteiger partial charge is 0.419 e. The summed E-state index contributed by atoms with van der Waals surface area (Å²) in [6, 6.07) is 11.6. The molecule has 0 bridgehead atoms. The number of imidazole rings is 1. The van der Waals surface area contributed by atoms with Crippen LogP contribution in [0.4, 0.5) is 16.6 Å². The van der Waals surface area contributed by atoms with E-state index in [1.807, 2.05) is 40.9 Å². The van der Waals surface area contributed by atoms with E-state index < -0.39 is 6.09 Å². The van der Waals surface area contributed by atoms with Gasteiger partial charge in [0.25, 0.3) is 0 Å². The fourth-order valence-corrected chi connectivity index (χ4v) is 3.71. The first-order valence-electron chi connectivity index (χ1n) is 10.0. The lowest BCUT2D eigenvalue weighted by Gasteiger charge is -2.28. The van der Waals surface area contributed by atoms with Crippen molar-refractivity contribution in [2.75, 3.05) is 36.5 Å². The third-order valence-electron chi connectivity index (χ3n) is 5.06. The highest BCUT2D eigenvalue weighted by molar-refractivity contribution is 6.31. The van der Waals surface area contributed by atoms with Crippen LogP contribution in [0.15, 0.2) is 48.8 Å². The number of aryl methyl sites for hydroxylation is 1. The Bertz CT molecular complexity index is 1250. The van der Waals surface area contributed by atoms with Gasteiger partial charge in [-0.1, -0.05) is 41.9 Å². The molecule has 1 saturated heterocycles. The SMILES string of the molecule is Cn1ncc(Cl)c1OC(=O)Nc1cc2nc(-c3ccccc3)cn2c(N2CCOCC2)n1. The molecule has 1 N–H and O–H groups in total. The Morgan fingerprint density at radius 3 is 2.69 bits per heavy atom. The maximum atomic E-state index is 12.5. The molecule has 3 aromatic heterocycles. The number of benzene rings is 1. The van der Waals surface area contributed by atoms with Gasteiger partial charge in [-0.2, -0.15) is 10.1 Å². The number of hydrogen-bond acceptors (Lipinski definition) is 7. The smallest absolute Gasteiger partial charge is 0.390 e. The number of aromatic nitrogens is 5. The Morgan fingerprint density at radius 1 is 1.19 bits per heavy atom. The van der Waals surface area contributed by atoms with E-state index in [1.54, 1.807) is 13.1 Å². The molecule has 0 aliphatic carbocycles. The van der Waals surface area contributed by atoms with E-state index in [9.17, 15) is 4.79 Å². The zero-order valence-corrected chi connectivity index (χ0v) is 18.0. The Labute approximate surface area is 188 Å². The molecule has 32 heavy (non-hydrogen) atoms. The number of carbonyl (C=O) groups excluding carboxylic acids is 1. The Hall–Kier alpha value is -3.63. The average Bonchev–Trinajstić information content (AvgIpc) is 3.38. The summed E-state index contributed by atoms with van der Waals surface area (Å²) < 4.78 is 14.1. The lowest BCUT2D eigenvalue weighted by molar-refractivity contribution is 0.122. The Kier molecular flexibility index (Phi) is 5.38. The van der Waals surface area contributed by atoms with E-state index in [1.165, 1.54) is 10.9 Å². The van der Waals surface area contributed by atoms with Crippen molar-refractivity contribution in [2.24, 2.45) is 7.05 Å². The van der Waals surface area contributed by atoms with Crippen molar-refractivity contribution in [3.63, 3.8) is 0 Å². The van der Waals surface area contributed by atoms with Crippen molar-refractivity contribution < 1.29 is 14.3 Å². The molecule has 4 aromatic rings. The third kappa shape index (κ3) is 3.97. The molecule has 1 amide bonds. The summed E-state index contributed by atoms with van der Waals surface area (Å²) in [6.07, 6.45) is 2.62. The minimum atomic E-state index is -0.727. The van der Waals surface area contributed by atoms with Crippen molar-refractivity contribution in [1.29, 1.82) is 0 Å². The summed E-state index contributed by atoms with van der Waals surface area (Å²) >= 11 is 6.02. The number of amides is 1. The minimum Gasteiger partial charge on any atom is -0.390 e. The van der Waals surface area contributed by atoms with Crippen molar-refractivity contribution in [2.45, 2.75) is 0 Å². The second-order valence-electron chi connectivity index (χ2n) is 7.20. The molecule has 1 aliphatic heterocycles. The normalized spacial score (nSPS) is 14.0. The van der Waals surface area contributed by atoms with Gasteiger partial charge in [-0.3, -0.25) is 9.72 Å². The topological polar surface area (TPSA) is 98.8 Å². The second kappa shape index (κ2) is 8.48. The standard InChI is InChI=1S/C21H20ClN7O3/c1-27-19(15(22)12-23-27)32-21(30)26-17-11-18-24-16(14-5-3-2-4-6-14)13-29(18)20(25-17)28-7-9-31-10-8-28/h2-6,11-13H,7-10H2,1H3,(H,26,30). The number of anilines is 2. The molecular weight excluding hydrogens is 434 g/mol. The van der Waals surface area contributed by atoms with Crippen LogP contribution in [0.1, 0.15) is 0 Å². The number of nitrogens with zero attached hydrogens (tertiary/aromatic N) is 6. The lowest BCUT2D eigenvalue weighted by Crippen LogP contribution is -2.38. The number of morpholine rings is 1. The predicted octanol–water partition coefficient (Wildman–Crippen LogP) is 3.23. The molecule has 0 spiro atoms. The summed E-state index contributed by atoms with van der Waals surface area (Å²) in [5.41, 5.74) is 2.45. The Balaban J connectivity index is 1.50. The quantitative estimate of drug-likeness (QED) is 0.506. The van der Waals surface area contributed by atoms with E-state index in [2.05, 4.69) is 20.3 Å². The van der Waals surface area contributed by atoms with Crippen LogP contribution < -0.4 is 15.0 Å². The number of nitrogens with one attached hydrogen (secondary N) is 1. The van der Waals surface area contributed by atoms with Gasteiger partial charge in [-0.15, -0.1) is 0 Å². The van der Waals surface area contributed by atoms with Gasteiger partial charge in [0.05, 0.1) is 25.1 Å². The molecule has 5 rings (SSSR count). The maximum absolute atomic E-state index is 12.5. The molecule has 0 unspecified atom stereocenters. The van der Waals surface area contributed by atoms with Crippen LogP contribution >= 0.6 is 11.6 Å². The van der Waals surface area contributed by atoms with Gasteiger partial charge in [-0.05, 0) is 0 Å². The van der Waals surface area contributed by atoms with E-state index in [-0.39, 0.29) is 10.9 Å². The van der Waals surface area contributed by atoms with Gasteiger partial charge in [0, 0.05) is 38.0 Å². The fraction of sp³-hybridized carbons (Fsp3) is 0.238. The first kappa shape index (κ1) is 20.3. The summed E-state index contributed by atoms with van der Waals surface area (Å²) in [7, 11) is 1.63. The van der Waals surface area contributed by atoms with Crippen LogP contribution in [0.2, 0.25) is 5.02 Å². The van der Waals surface area contributed by atoms with Gasteiger partial charge >= 0.3 is 6.09 Å². The number of halogens is 1. The zero-order chi connectivity index (χ0) is 22.1. The highest BCUT2D eigenvalue weighted by atomic mass is 35.5. The van der Waals surface area contributed by atoms with Crippen LogP contribution in [-0.2, 0) is 11.8 Å². The third-order valence-corrected chi connectivity index (χ3v) is 5.32. The molecule has 0 saturated carbocycles. The van der Waals surface area contributed by atoms with Crippen molar-refractivity contribution in [3.05, 3.63) is 53.8 Å². The van der Waals surface area contributed by atoms with Crippen LogP contribution in [0.5, 0.6) is 5.88 Å². The summed E-state index contributed by atoms with van der Waals surface area (Å²) in [6.45, 7) is 2.56. The molecule has 0 radical (unpaired) electrons. The number of carbonyl (C=O) groups is 1. The minimum absolute atomic E-state index is 0.144. The van der Waals surface area contributed by atoms with Gasteiger partial charge in [0.15, 0.2) is 0 Å². The molecule has 4 heterocycles. The molecule has 1 fully saturated rings.